The summed E-state index contributed by atoms with van der Waals surface area (Å²) < 4.78 is 6.92. The van der Waals surface area contributed by atoms with Crippen molar-refractivity contribution in [2.75, 3.05) is 7.11 Å². The van der Waals surface area contributed by atoms with Crippen LogP contribution in [0.4, 0.5) is 5.69 Å². The van der Waals surface area contributed by atoms with Crippen LogP contribution in [0.2, 0.25) is 10.0 Å². The summed E-state index contributed by atoms with van der Waals surface area (Å²) in [6, 6.07) is 9.42. The first-order chi connectivity index (χ1) is 14.8. The van der Waals surface area contributed by atoms with Gasteiger partial charge in [0.15, 0.2) is 10.6 Å². The molecule has 3 rings (SSSR count). The topological polar surface area (TPSA) is 86.7 Å². The van der Waals surface area contributed by atoms with Gasteiger partial charge in [0.25, 0.3) is 5.91 Å². The maximum Gasteiger partial charge on any atom is 0.311 e. The van der Waals surface area contributed by atoms with Gasteiger partial charge >= 0.3 is 5.69 Å². The van der Waals surface area contributed by atoms with E-state index in [4.69, 9.17) is 27.9 Å². The molecule has 162 valence electrons. The fourth-order valence-corrected chi connectivity index (χ4v) is 4.60. The number of ether oxygens (including phenoxy) is 1. The Morgan fingerprint density at radius 1 is 1.19 bits per heavy atom. The Kier molecular flexibility index (Phi) is 7.15. The minimum absolute atomic E-state index is 0.0801. The molecule has 0 saturated heterocycles. The highest BCUT2D eigenvalue weighted by Crippen LogP contribution is 2.32. The number of methoxy groups -OCH3 is 1. The number of hydrogen-bond acceptors (Lipinski definition) is 5. The molecule has 0 fully saturated rings. The smallest absolute Gasteiger partial charge is 0.311 e. The minimum Gasteiger partial charge on any atom is -0.490 e. The Balaban J connectivity index is 2.14. The third-order valence-electron chi connectivity index (χ3n) is 4.63. The summed E-state index contributed by atoms with van der Waals surface area (Å²) in [6.45, 7) is 4.54. The van der Waals surface area contributed by atoms with Crippen LogP contribution in [0.25, 0.3) is 11.3 Å². The molecule has 0 bridgehead atoms. The lowest BCUT2D eigenvalue weighted by molar-refractivity contribution is -0.385. The molecule has 7 nitrogen and oxygen atoms in total. The highest BCUT2D eigenvalue weighted by molar-refractivity contribution is 7.09. The molecule has 31 heavy (non-hydrogen) atoms. The molecule has 3 aromatic rings. The summed E-state index contributed by atoms with van der Waals surface area (Å²) >= 11 is 13.7. The first kappa shape index (κ1) is 23.0. The number of halogens is 2. The van der Waals surface area contributed by atoms with E-state index >= 15 is 0 Å². The van der Waals surface area contributed by atoms with E-state index in [0.29, 0.717) is 21.4 Å². The highest BCUT2D eigenvalue weighted by Gasteiger charge is 2.19. The van der Waals surface area contributed by atoms with E-state index in [1.165, 1.54) is 36.6 Å². The molecule has 0 radical (unpaired) electrons. The van der Waals surface area contributed by atoms with E-state index in [-0.39, 0.29) is 17.0 Å². The van der Waals surface area contributed by atoms with Gasteiger partial charge in [-0.2, -0.15) is 4.99 Å². The van der Waals surface area contributed by atoms with E-state index in [1.54, 1.807) is 12.1 Å². The van der Waals surface area contributed by atoms with Gasteiger partial charge in [-0.15, -0.1) is 11.3 Å². The Morgan fingerprint density at radius 2 is 1.94 bits per heavy atom. The number of nitro benzene ring substituents is 1. The summed E-state index contributed by atoms with van der Waals surface area (Å²) in [5.41, 5.74) is 1.61. The molecule has 1 amide bonds. The van der Waals surface area contributed by atoms with Crippen LogP contribution in [0.3, 0.4) is 0 Å². The second-order valence-corrected chi connectivity index (χ2v) is 8.32. The predicted molar refractivity (Wildman–Crippen MR) is 122 cm³/mol. The zero-order chi connectivity index (χ0) is 22.7. The standard InChI is InChI=1S/C21H19Cl2N3O4S/c1-4-18-19(12-6-8-14(22)15(23)10-12)25(5-2)21(31-18)24-20(27)13-7-9-17(30-3)16(11-13)26(28)29/h6-11H,4-5H2,1-3H3. The van der Waals surface area contributed by atoms with Crippen LogP contribution in [-0.4, -0.2) is 22.5 Å². The Labute approximate surface area is 192 Å². The van der Waals surface area contributed by atoms with Gasteiger partial charge in [0, 0.05) is 28.6 Å². The van der Waals surface area contributed by atoms with Crippen LogP contribution in [-0.2, 0) is 13.0 Å². The molecule has 0 spiro atoms. The lowest BCUT2D eigenvalue weighted by Gasteiger charge is -2.09. The van der Waals surface area contributed by atoms with Gasteiger partial charge in [-0.3, -0.25) is 14.9 Å². The van der Waals surface area contributed by atoms with Crippen LogP contribution < -0.4 is 9.54 Å². The summed E-state index contributed by atoms with van der Waals surface area (Å²) in [6.07, 6.45) is 0.734. The van der Waals surface area contributed by atoms with Crippen LogP contribution >= 0.6 is 34.5 Å². The first-order valence-electron chi connectivity index (χ1n) is 9.40. The molecule has 1 heterocycles. The lowest BCUT2D eigenvalue weighted by Crippen LogP contribution is -2.17. The molecule has 0 aliphatic carbocycles. The normalized spacial score (nSPS) is 11.6. The summed E-state index contributed by atoms with van der Waals surface area (Å²) in [5, 5.41) is 12.2. The Bertz CT molecular complexity index is 1230. The van der Waals surface area contributed by atoms with Crippen molar-refractivity contribution in [3.63, 3.8) is 0 Å². The minimum atomic E-state index is -0.593. The van der Waals surface area contributed by atoms with Crippen molar-refractivity contribution in [2.24, 2.45) is 4.99 Å². The van der Waals surface area contributed by atoms with E-state index in [0.717, 1.165) is 22.6 Å². The maximum atomic E-state index is 12.8. The fourth-order valence-electron chi connectivity index (χ4n) is 3.15. The highest BCUT2D eigenvalue weighted by atomic mass is 35.5. The number of nitrogens with zero attached hydrogens (tertiary/aromatic N) is 3. The van der Waals surface area contributed by atoms with Crippen molar-refractivity contribution < 1.29 is 14.5 Å². The molecule has 10 heteroatoms. The Morgan fingerprint density at radius 3 is 2.52 bits per heavy atom. The summed E-state index contributed by atoms with van der Waals surface area (Å²) in [7, 11) is 1.33. The van der Waals surface area contributed by atoms with Gasteiger partial charge in [-0.25, -0.2) is 0 Å². The third kappa shape index (κ3) is 4.66. The van der Waals surface area contributed by atoms with Crippen molar-refractivity contribution in [1.29, 1.82) is 0 Å². The maximum absolute atomic E-state index is 12.8. The Hall–Kier alpha value is -2.68. The van der Waals surface area contributed by atoms with Gasteiger partial charge in [0.05, 0.1) is 27.8 Å². The molecular formula is C21H19Cl2N3O4S. The zero-order valence-electron chi connectivity index (χ0n) is 17.0. The molecular weight excluding hydrogens is 461 g/mol. The number of rotatable bonds is 6. The number of benzene rings is 2. The number of nitro groups is 1. The van der Waals surface area contributed by atoms with Gasteiger partial charge in [-0.1, -0.05) is 36.2 Å². The summed E-state index contributed by atoms with van der Waals surface area (Å²) in [5.74, 6) is -0.492. The molecule has 2 aromatic carbocycles. The molecule has 1 aromatic heterocycles. The number of hydrogen-bond donors (Lipinski definition) is 0. The van der Waals surface area contributed by atoms with Crippen LogP contribution in [0.1, 0.15) is 29.1 Å². The molecule has 0 aliphatic heterocycles. The number of thiazole rings is 1. The molecule has 0 unspecified atom stereocenters. The fraction of sp³-hybridized carbons (Fsp3) is 0.238. The van der Waals surface area contributed by atoms with Crippen molar-refractivity contribution in [2.45, 2.75) is 26.8 Å². The monoisotopic (exact) mass is 479 g/mol. The van der Waals surface area contributed by atoms with Crippen molar-refractivity contribution in [1.82, 2.24) is 4.57 Å². The molecule has 0 atom stereocenters. The van der Waals surface area contributed by atoms with Gasteiger partial charge in [0.1, 0.15) is 0 Å². The van der Waals surface area contributed by atoms with E-state index < -0.39 is 10.8 Å². The van der Waals surface area contributed by atoms with E-state index in [1.807, 2.05) is 24.5 Å². The number of amides is 1. The predicted octanol–water partition coefficient (Wildman–Crippen LogP) is 5.76. The SMILES string of the molecule is CCc1sc(=NC(=O)c2ccc(OC)c([N+](=O)[O-])c2)n(CC)c1-c1ccc(Cl)c(Cl)c1. The first-order valence-corrected chi connectivity index (χ1v) is 11.0. The third-order valence-corrected chi connectivity index (χ3v) is 6.59. The number of aromatic nitrogens is 1. The second-order valence-electron chi connectivity index (χ2n) is 6.44. The van der Waals surface area contributed by atoms with Crippen molar-refractivity contribution in [3.8, 4) is 17.0 Å². The average molecular weight is 480 g/mol. The van der Waals surface area contributed by atoms with Crippen molar-refractivity contribution >= 4 is 46.1 Å². The van der Waals surface area contributed by atoms with Gasteiger partial charge in [-0.05, 0) is 37.6 Å². The van der Waals surface area contributed by atoms with Crippen LogP contribution in [0, 0.1) is 10.1 Å². The molecule has 0 aliphatic rings. The van der Waals surface area contributed by atoms with E-state index in [9.17, 15) is 14.9 Å². The zero-order valence-corrected chi connectivity index (χ0v) is 19.3. The average Bonchev–Trinajstić information content (AvgIpc) is 3.12. The summed E-state index contributed by atoms with van der Waals surface area (Å²) in [4.78, 5) is 29.3. The largest absolute Gasteiger partial charge is 0.490 e. The van der Waals surface area contributed by atoms with Crippen LogP contribution in [0.15, 0.2) is 41.4 Å². The van der Waals surface area contributed by atoms with E-state index in [2.05, 4.69) is 4.99 Å². The number of carbonyl (C=O) groups is 1. The van der Waals surface area contributed by atoms with Gasteiger partial charge < -0.3 is 9.30 Å². The van der Waals surface area contributed by atoms with Crippen molar-refractivity contribution in [3.05, 3.63) is 71.8 Å². The van der Waals surface area contributed by atoms with Gasteiger partial charge in [0.2, 0.25) is 0 Å². The number of carbonyl (C=O) groups excluding carboxylic acids is 1. The van der Waals surface area contributed by atoms with Crippen LogP contribution in [0.5, 0.6) is 5.75 Å². The molecule has 0 saturated carbocycles. The molecule has 0 N–H and O–H groups in total. The quantitative estimate of drug-likeness (QED) is 0.331. The lowest BCUT2D eigenvalue weighted by atomic mass is 10.1. The second kappa shape index (κ2) is 9.64. The number of aryl methyl sites for hydroxylation is 1.